The molecule has 8 heteroatoms. The molecule has 1 fully saturated rings. The topological polar surface area (TPSA) is 89.0 Å². The molecule has 0 aromatic carbocycles. The van der Waals surface area contributed by atoms with Crippen LogP contribution in [0.2, 0.25) is 0 Å². The quantitative estimate of drug-likeness (QED) is 0.622. The van der Waals surface area contributed by atoms with Crippen LogP contribution in [0.25, 0.3) is 0 Å². The zero-order valence-corrected chi connectivity index (χ0v) is 18.4. The molecule has 1 aliphatic heterocycles. The predicted molar refractivity (Wildman–Crippen MR) is 120 cm³/mol. The normalized spacial score (nSPS) is 14.5. The van der Waals surface area contributed by atoms with Gasteiger partial charge in [0.25, 0.3) is 0 Å². The van der Waals surface area contributed by atoms with Crippen LogP contribution in [0.1, 0.15) is 42.4 Å². The number of piperidine rings is 1. The van der Waals surface area contributed by atoms with Gasteiger partial charge in [-0.1, -0.05) is 6.92 Å². The highest BCUT2D eigenvalue weighted by atomic mass is 16.5. The molecule has 4 rings (SSSR count). The van der Waals surface area contributed by atoms with E-state index in [1.807, 2.05) is 38.4 Å². The summed E-state index contributed by atoms with van der Waals surface area (Å²) in [4.78, 5) is 24.6. The summed E-state index contributed by atoms with van der Waals surface area (Å²) in [6.45, 7) is 8.42. The fraction of sp³-hybridized carbons (Fsp3) is 0.435. The summed E-state index contributed by atoms with van der Waals surface area (Å²) in [7, 11) is 0. The van der Waals surface area contributed by atoms with Crippen molar-refractivity contribution in [3.05, 3.63) is 59.6 Å². The van der Waals surface area contributed by atoms with E-state index >= 15 is 0 Å². The lowest BCUT2D eigenvalue weighted by Gasteiger charge is -2.31. The highest BCUT2D eigenvalue weighted by Crippen LogP contribution is 2.20. The first kappa shape index (κ1) is 21.0. The van der Waals surface area contributed by atoms with E-state index < -0.39 is 0 Å². The molecule has 0 saturated carbocycles. The Hall–Kier alpha value is -3.29. The van der Waals surface area contributed by atoms with Gasteiger partial charge in [-0.15, -0.1) is 0 Å². The first-order valence-electron chi connectivity index (χ1n) is 10.8. The lowest BCUT2D eigenvalue weighted by Crippen LogP contribution is -2.39. The van der Waals surface area contributed by atoms with E-state index in [9.17, 15) is 0 Å². The molecule has 0 aliphatic carbocycles. The van der Waals surface area contributed by atoms with Crippen molar-refractivity contribution in [3.63, 3.8) is 0 Å². The minimum atomic E-state index is 0.130. The highest BCUT2D eigenvalue weighted by molar-refractivity contribution is 5.47. The summed E-state index contributed by atoms with van der Waals surface area (Å²) < 4.78 is 6.05. The van der Waals surface area contributed by atoms with Crippen LogP contribution in [-0.4, -0.2) is 44.1 Å². The first-order chi connectivity index (χ1) is 15.1. The SMILES string of the molecule is CCc1cnc(N2CCC(Oc3cnc(CNc4ccc(C)nc4C)cn3)CC2)nc1. The smallest absolute Gasteiger partial charge is 0.232 e. The number of pyridine rings is 1. The summed E-state index contributed by atoms with van der Waals surface area (Å²) in [5.41, 5.74) is 5.01. The summed E-state index contributed by atoms with van der Waals surface area (Å²) >= 11 is 0. The molecule has 31 heavy (non-hydrogen) atoms. The number of hydrogen-bond donors (Lipinski definition) is 1. The fourth-order valence-electron chi connectivity index (χ4n) is 3.59. The Morgan fingerprint density at radius 1 is 1.00 bits per heavy atom. The number of aromatic nitrogens is 5. The second-order valence-corrected chi connectivity index (χ2v) is 7.83. The van der Waals surface area contributed by atoms with E-state index in [1.54, 1.807) is 12.4 Å². The maximum atomic E-state index is 6.05. The zero-order valence-electron chi connectivity index (χ0n) is 18.4. The molecule has 1 aliphatic rings. The molecular weight excluding hydrogens is 390 g/mol. The van der Waals surface area contributed by atoms with Gasteiger partial charge in [0.15, 0.2) is 0 Å². The van der Waals surface area contributed by atoms with Crippen molar-refractivity contribution in [1.82, 2.24) is 24.9 Å². The molecule has 0 atom stereocenters. The minimum Gasteiger partial charge on any atom is -0.473 e. The summed E-state index contributed by atoms with van der Waals surface area (Å²) in [6, 6.07) is 4.04. The molecule has 1 saturated heterocycles. The van der Waals surface area contributed by atoms with Crippen molar-refractivity contribution in [2.24, 2.45) is 0 Å². The maximum Gasteiger partial charge on any atom is 0.232 e. The maximum absolute atomic E-state index is 6.05. The lowest BCUT2D eigenvalue weighted by atomic mass is 10.1. The second kappa shape index (κ2) is 9.68. The van der Waals surface area contributed by atoms with Crippen molar-refractivity contribution < 1.29 is 4.74 Å². The van der Waals surface area contributed by atoms with Gasteiger partial charge in [-0.25, -0.2) is 15.0 Å². The van der Waals surface area contributed by atoms with Crippen LogP contribution in [-0.2, 0) is 13.0 Å². The average molecular weight is 420 g/mol. The molecule has 0 unspecified atom stereocenters. The minimum absolute atomic E-state index is 0.130. The van der Waals surface area contributed by atoms with E-state index in [0.29, 0.717) is 12.4 Å². The van der Waals surface area contributed by atoms with Crippen molar-refractivity contribution in [1.29, 1.82) is 0 Å². The highest BCUT2D eigenvalue weighted by Gasteiger charge is 2.22. The Morgan fingerprint density at radius 3 is 2.42 bits per heavy atom. The van der Waals surface area contributed by atoms with Crippen LogP contribution in [0, 0.1) is 13.8 Å². The van der Waals surface area contributed by atoms with Gasteiger partial charge in [0.2, 0.25) is 11.8 Å². The van der Waals surface area contributed by atoms with Gasteiger partial charge in [0, 0.05) is 44.0 Å². The van der Waals surface area contributed by atoms with Gasteiger partial charge in [-0.3, -0.25) is 9.97 Å². The third kappa shape index (κ3) is 5.45. The Morgan fingerprint density at radius 2 is 1.77 bits per heavy atom. The van der Waals surface area contributed by atoms with Gasteiger partial charge in [0.05, 0.1) is 36.0 Å². The molecule has 1 N–H and O–H groups in total. The summed E-state index contributed by atoms with van der Waals surface area (Å²) in [6.07, 6.45) is 10.2. The molecule has 0 radical (unpaired) electrons. The number of rotatable bonds is 7. The number of aryl methyl sites for hydroxylation is 3. The molecule has 162 valence electrons. The van der Waals surface area contributed by atoms with E-state index in [0.717, 1.165) is 66.6 Å². The van der Waals surface area contributed by atoms with Crippen molar-refractivity contribution in [3.8, 4) is 5.88 Å². The predicted octanol–water partition coefficient (Wildman–Crippen LogP) is 3.50. The number of anilines is 2. The molecular formula is C23H29N7O. The third-order valence-electron chi connectivity index (χ3n) is 5.48. The van der Waals surface area contributed by atoms with E-state index in [-0.39, 0.29) is 6.10 Å². The van der Waals surface area contributed by atoms with Gasteiger partial charge in [0.1, 0.15) is 6.10 Å². The Balaban J connectivity index is 1.25. The van der Waals surface area contributed by atoms with Crippen molar-refractivity contribution in [2.75, 3.05) is 23.3 Å². The molecule has 0 amide bonds. The van der Waals surface area contributed by atoms with Gasteiger partial charge >= 0.3 is 0 Å². The van der Waals surface area contributed by atoms with Gasteiger partial charge < -0.3 is 15.0 Å². The number of nitrogens with one attached hydrogen (secondary N) is 1. The van der Waals surface area contributed by atoms with Crippen LogP contribution in [0.4, 0.5) is 11.6 Å². The van der Waals surface area contributed by atoms with Crippen LogP contribution in [0.3, 0.4) is 0 Å². The first-order valence-corrected chi connectivity index (χ1v) is 10.8. The van der Waals surface area contributed by atoms with Crippen LogP contribution in [0.15, 0.2) is 36.9 Å². The Kier molecular flexibility index (Phi) is 6.54. The van der Waals surface area contributed by atoms with Crippen LogP contribution < -0.4 is 15.0 Å². The molecule has 3 aromatic heterocycles. The van der Waals surface area contributed by atoms with Crippen LogP contribution in [0.5, 0.6) is 5.88 Å². The number of hydrogen-bond acceptors (Lipinski definition) is 8. The average Bonchev–Trinajstić information content (AvgIpc) is 2.80. The van der Waals surface area contributed by atoms with E-state index in [2.05, 4.69) is 42.1 Å². The Labute approximate surface area is 183 Å². The number of ether oxygens (including phenoxy) is 1. The second-order valence-electron chi connectivity index (χ2n) is 7.83. The van der Waals surface area contributed by atoms with Gasteiger partial charge in [-0.2, -0.15) is 0 Å². The van der Waals surface area contributed by atoms with E-state index in [4.69, 9.17) is 4.74 Å². The summed E-state index contributed by atoms with van der Waals surface area (Å²) in [5.74, 6) is 1.37. The fourth-order valence-corrected chi connectivity index (χ4v) is 3.59. The lowest BCUT2D eigenvalue weighted by molar-refractivity contribution is 0.162. The van der Waals surface area contributed by atoms with Crippen molar-refractivity contribution in [2.45, 2.75) is 52.7 Å². The third-order valence-corrected chi connectivity index (χ3v) is 5.48. The largest absolute Gasteiger partial charge is 0.473 e. The molecule has 0 spiro atoms. The molecule has 8 nitrogen and oxygen atoms in total. The van der Waals surface area contributed by atoms with Crippen molar-refractivity contribution >= 4 is 11.6 Å². The molecule has 0 bridgehead atoms. The summed E-state index contributed by atoms with van der Waals surface area (Å²) in [5, 5.41) is 3.36. The number of nitrogens with zero attached hydrogens (tertiary/aromatic N) is 6. The molecule has 4 heterocycles. The zero-order chi connectivity index (χ0) is 21.6. The van der Waals surface area contributed by atoms with E-state index in [1.165, 1.54) is 0 Å². The molecule has 3 aromatic rings. The Bertz CT molecular complexity index is 984. The standard InChI is InChI=1S/C23H29N7O/c1-4-18-11-27-23(28-12-18)30-9-7-20(8-10-30)31-22-15-24-19(14-26-22)13-25-21-6-5-16(2)29-17(21)3/h5-6,11-12,14-15,20,25H,4,7-10,13H2,1-3H3. The monoisotopic (exact) mass is 419 g/mol. The van der Waals surface area contributed by atoms with Crippen LogP contribution >= 0.6 is 0 Å². The van der Waals surface area contributed by atoms with Gasteiger partial charge in [-0.05, 0) is 38.0 Å².